The number of aliphatic hydroxyl groups is 5. The van der Waals surface area contributed by atoms with Gasteiger partial charge in [0, 0.05) is 84.2 Å². The van der Waals surface area contributed by atoms with Gasteiger partial charge in [0.05, 0.1) is 17.5 Å². The number of nitrogens with one attached hydrogen (secondary N) is 3. The summed E-state index contributed by atoms with van der Waals surface area (Å²) in [4.78, 5) is 43.8. The molecule has 368 valence electrons. The van der Waals surface area contributed by atoms with E-state index in [-0.39, 0.29) is 66.4 Å². The van der Waals surface area contributed by atoms with Crippen LogP contribution in [0.2, 0.25) is 0 Å². The Labute approximate surface area is 401 Å². The molecule has 0 radical (unpaired) electrons. The van der Waals surface area contributed by atoms with Crippen molar-refractivity contribution in [2.24, 2.45) is 23.7 Å². The fraction of sp³-hybridized carbons (Fsp3) is 0.434. The van der Waals surface area contributed by atoms with Gasteiger partial charge in [-0.3, -0.25) is 9.59 Å². The number of aromatic hydroxyl groups is 2. The van der Waals surface area contributed by atoms with Crippen molar-refractivity contribution in [3.63, 3.8) is 0 Å². The molecule has 1 amide bonds. The lowest BCUT2D eigenvalue weighted by molar-refractivity contribution is -0.405. The third kappa shape index (κ3) is 7.12. The smallest absolute Gasteiger partial charge is 0.220 e. The van der Waals surface area contributed by atoms with Gasteiger partial charge in [-0.2, -0.15) is 0 Å². The largest absolute Gasteiger partial charge is 0.508 e. The minimum atomic E-state index is -2.49. The first-order chi connectivity index (χ1) is 33.7. The van der Waals surface area contributed by atoms with Gasteiger partial charge >= 0.3 is 0 Å². The maximum absolute atomic E-state index is 14.1. The van der Waals surface area contributed by atoms with E-state index in [0.29, 0.717) is 63.0 Å². The number of phenolic OH excluding ortho intramolecular Hbond substituents is 2. The molecule has 2 aliphatic carbocycles. The van der Waals surface area contributed by atoms with Crippen LogP contribution >= 0.6 is 0 Å². The standard InChI is InChI=1S/C53H58N4O13/c1-4-39-33-13-14-55-38(33)23-57(39)47-49-28(16-35-41(61)15-25(2)67-50(35)47)18-44-53(68-49)36-10-9-31(29-19-45(63)56-22-29)46(53)26(17-37(36)54-3)6-12-43(69-70-44)52(66,51(65)48(64)42(62)24-58)21-27-5-11-40(60)32-8-7-30(59)20-34(27)32/h5,7-11,13-17,20,23,29,31,36-37,42-44,46,48,51,54-55,58-60,62,64-66H,4,6,12,18-19,21-22,24H2,1-3H3,(H,56,63). The Bertz CT molecular complexity index is 3170. The second-order valence-electron chi connectivity index (χ2n) is 19.9. The molecule has 6 aromatic rings. The van der Waals surface area contributed by atoms with Crippen LogP contribution in [-0.2, 0) is 33.8 Å². The van der Waals surface area contributed by atoms with Crippen LogP contribution in [0.4, 0.5) is 0 Å². The van der Waals surface area contributed by atoms with Crippen LogP contribution in [0, 0.1) is 30.6 Å². The van der Waals surface area contributed by atoms with Crippen molar-refractivity contribution < 1.29 is 59.5 Å². The van der Waals surface area contributed by atoms with E-state index >= 15 is 0 Å². The van der Waals surface area contributed by atoms with Gasteiger partial charge in [-0.15, -0.1) is 0 Å². The molecular formula is C53H58N4O13. The summed E-state index contributed by atoms with van der Waals surface area (Å²) in [6, 6.07) is 12.2. The lowest BCUT2D eigenvalue weighted by atomic mass is 9.53. The molecular weight excluding hydrogens is 901 g/mol. The molecule has 10 N–H and O–H groups in total. The van der Waals surface area contributed by atoms with Gasteiger partial charge in [0.15, 0.2) is 22.4 Å². The number of benzene rings is 3. The van der Waals surface area contributed by atoms with Crippen LogP contribution in [0.15, 0.2) is 93.9 Å². The van der Waals surface area contributed by atoms with Crippen LogP contribution in [0.3, 0.4) is 0 Å². The van der Waals surface area contributed by atoms with Crippen LogP contribution < -0.4 is 20.8 Å². The number of aryl methyl sites for hydroxylation is 2. The second-order valence-corrected chi connectivity index (χ2v) is 19.9. The minimum absolute atomic E-state index is 0.0175. The van der Waals surface area contributed by atoms with Crippen molar-refractivity contribution in [1.82, 2.24) is 20.2 Å². The van der Waals surface area contributed by atoms with Gasteiger partial charge in [0.2, 0.25) is 5.91 Å². The molecule has 0 saturated carbocycles. The van der Waals surface area contributed by atoms with E-state index in [1.165, 1.54) is 36.4 Å². The number of allylic oxidation sites excluding steroid dienone is 1. The zero-order valence-electron chi connectivity index (χ0n) is 39.0. The number of nitrogens with zero attached hydrogens (tertiary/aromatic N) is 1. The zero-order chi connectivity index (χ0) is 49.0. The monoisotopic (exact) mass is 958 g/mol. The molecule has 12 unspecified atom stereocenters. The highest BCUT2D eigenvalue weighted by atomic mass is 17.2. The van der Waals surface area contributed by atoms with Gasteiger partial charge in [-0.25, -0.2) is 9.78 Å². The first-order valence-corrected chi connectivity index (χ1v) is 24.1. The molecule has 3 aromatic heterocycles. The van der Waals surface area contributed by atoms with E-state index in [1.807, 2.05) is 30.1 Å². The number of H-pyrrole nitrogens is 1. The number of hydrogen-bond acceptors (Lipinski definition) is 14. The number of aromatic nitrogens is 2. The van der Waals surface area contributed by atoms with E-state index in [0.717, 1.165) is 22.2 Å². The van der Waals surface area contributed by atoms with Crippen molar-refractivity contribution in [1.29, 1.82) is 0 Å². The summed E-state index contributed by atoms with van der Waals surface area (Å²) in [5.41, 5.74) is 0.587. The Hall–Kier alpha value is -6.02. The molecule has 70 heavy (non-hydrogen) atoms. The number of carbonyl (C=O) groups excluding carboxylic acids is 1. The molecule has 3 aliphatic heterocycles. The van der Waals surface area contributed by atoms with Crippen molar-refractivity contribution >= 4 is 38.6 Å². The number of likely N-dealkylation sites (N-methyl/N-ethyl adjacent to an activating group) is 1. The molecule has 17 heteroatoms. The highest BCUT2D eigenvalue weighted by molar-refractivity contribution is 5.93. The highest BCUT2D eigenvalue weighted by Gasteiger charge is 2.66. The number of ether oxygens (including phenoxy) is 1. The van der Waals surface area contributed by atoms with Gasteiger partial charge in [0.1, 0.15) is 59.1 Å². The summed E-state index contributed by atoms with van der Waals surface area (Å²) >= 11 is 0. The van der Waals surface area contributed by atoms with Gasteiger partial charge in [-0.05, 0) is 92.4 Å². The van der Waals surface area contributed by atoms with Crippen LogP contribution in [0.5, 0.6) is 17.2 Å². The van der Waals surface area contributed by atoms with Crippen LogP contribution in [-0.4, -0.2) is 119 Å². The first kappa shape index (κ1) is 46.4. The van der Waals surface area contributed by atoms with E-state index in [1.54, 1.807) is 13.0 Å². The summed E-state index contributed by atoms with van der Waals surface area (Å²) in [5, 5.41) is 87.6. The fourth-order valence-corrected chi connectivity index (χ4v) is 12.7. The molecule has 5 aliphatic rings. The average Bonchev–Trinajstić information content (AvgIpc) is 4.08. The number of aromatic amines is 1. The second kappa shape index (κ2) is 17.4. The summed E-state index contributed by atoms with van der Waals surface area (Å²) in [6.45, 7) is 3.30. The summed E-state index contributed by atoms with van der Waals surface area (Å²) in [7, 11) is 1.87. The van der Waals surface area contributed by atoms with Crippen molar-refractivity contribution in [2.45, 2.75) is 100 Å². The number of aliphatic hydroxyl groups excluding tert-OH is 4. The zero-order valence-corrected chi connectivity index (χ0v) is 39.0. The average molecular weight is 959 g/mol. The maximum atomic E-state index is 14.1. The van der Waals surface area contributed by atoms with E-state index in [4.69, 9.17) is 18.9 Å². The Morgan fingerprint density at radius 1 is 0.986 bits per heavy atom. The normalized spacial score (nSPS) is 28.4. The Morgan fingerprint density at radius 2 is 1.81 bits per heavy atom. The van der Waals surface area contributed by atoms with Crippen LogP contribution in [0.25, 0.3) is 38.3 Å². The third-order valence-electron chi connectivity index (χ3n) is 16.0. The minimum Gasteiger partial charge on any atom is -0.508 e. The summed E-state index contributed by atoms with van der Waals surface area (Å²) < 4.78 is 16.5. The highest BCUT2D eigenvalue weighted by Crippen LogP contribution is 2.59. The molecule has 1 spiro atoms. The van der Waals surface area contributed by atoms with Crippen molar-refractivity contribution in [3.8, 4) is 22.9 Å². The van der Waals surface area contributed by atoms with Crippen LogP contribution in [0.1, 0.15) is 48.8 Å². The predicted octanol–water partition coefficient (Wildman–Crippen LogP) is 3.78. The summed E-state index contributed by atoms with van der Waals surface area (Å²) in [5.74, 6) is -0.688. The van der Waals surface area contributed by atoms with Gasteiger partial charge in [-0.1, -0.05) is 36.8 Å². The Balaban J connectivity index is 1.12. The fourth-order valence-electron chi connectivity index (χ4n) is 12.7. The molecule has 4 bridgehead atoms. The lowest BCUT2D eigenvalue weighted by Crippen LogP contribution is -2.70. The van der Waals surface area contributed by atoms with Gasteiger partial charge < -0.3 is 65.1 Å². The Kier molecular flexibility index (Phi) is 11.5. The van der Waals surface area contributed by atoms with E-state index < -0.39 is 66.6 Å². The van der Waals surface area contributed by atoms with E-state index in [2.05, 4.69) is 40.8 Å². The number of hydrogen-bond donors (Lipinski definition) is 10. The number of carbonyl (C=O) groups is 1. The molecule has 17 nitrogen and oxygen atoms in total. The number of phenols is 2. The molecule has 12 atom stereocenters. The van der Waals surface area contributed by atoms with Gasteiger partial charge in [0.25, 0.3) is 0 Å². The maximum Gasteiger partial charge on any atom is 0.220 e. The quantitative estimate of drug-likeness (QED) is 0.0655. The molecule has 2 fully saturated rings. The van der Waals surface area contributed by atoms with Crippen molar-refractivity contribution in [2.75, 3.05) is 20.2 Å². The topological polar surface area (TPSA) is 261 Å². The Morgan fingerprint density at radius 3 is 2.57 bits per heavy atom. The van der Waals surface area contributed by atoms with Crippen molar-refractivity contribution in [3.05, 3.63) is 118 Å². The lowest BCUT2D eigenvalue weighted by Gasteiger charge is -2.59. The molecule has 6 heterocycles. The SMILES string of the molecule is CCc1c2cc[nH]c2cn1-c1c2c(cc3c(=O)cc(C)oc13)CC1OOC(C(O)(Cc3ccc(O)c4ccc(O)cc34)C(O)C(O)C(O)CO)CCC3=CC(NC)C4C=CC(C5CNC(=O)C5)C3C14O2. The molecule has 2 saturated heterocycles. The predicted molar refractivity (Wildman–Crippen MR) is 257 cm³/mol. The molecule has 3 aromatic carbocycles. The first-order valence-electron chi connectivity index (χ1n) is 24.1. The number of amides is 1. The number of fused-ring (bicyclic) bond motifs is 4. The number of rotatable bonds is 11. The molecule has 11 rings (SSSR count). The van der Waals surface area contributed by atoms with E-state index in [9.17, 15) is 45.3 Å². The third-order valence-corrected chi connectivity index (χ3v) is 16.0. The summed E-state index contributed by atoms with van der Waals surface area (Å²) in [6.07, 6.45) is 2.56.